The van der Waals surface area contributed by atoms with Crippen molar-refractivity contribution in [3.63, 3.8) is 0 Å². The Balaban J connectivity index is 3.86. The van der Waals surface area contributed by atoms with Crippen LogP contribution in [-0.2, 0) is 33.4 Å². The third-order valence-corrected chi connectivity index (χ3v) is 5.08. The summed E-state index contributed by atoms with van der Waals surface area (Å²) >= 11 is 0. The highest BCUT2D eigenvalue weighted by molar-refractivity contribution is 5.86. The summed E-state index contributed by atoms with van der Waals surface area (Å²) < 4.78 is 34.2. The van der Waals surface area contributed by atoms with Gasteiger partial charge in [0.15, 0.2) is 11.5 Å². The van der Waals surface area contributed by atoms with E-state index in [1.807, 2.05) is 20.8 Å². The molecule has 0 bridgehead atoms. The maximum absolute atomic E-state index is 12.0. The predicted octanol–water partition coefficient (Wildman–Crippen LogP) is 5.49. The lowest BCUT2D eigenvalue weighted by molar-refractivity contribution is -0.163. The second-order valence-electron chi connectivity index (χ2n) is 8.41. The van der Waals surface area contributed by atoms with E-state index in [-0.39, 0.29) is 35.7 Å². The Hall–Kier alpha value is -4.54. The molecule has 0 aliphatic carbocycles. The Kier molecular flexibility index (Phi) is 15.7. The summed E-state index contributed by atoms with van der Waals surface area (Å²) in [5, 5.41) is 9.25. The molecule has 0 spiro atoms. The molecule has 3 atom stereocenters. The third kappa shape index (κ3) is 12.5. The highest BCUT2D eigenvalue weighted by Gasteiger charge is 2.27. The quantitative estimate of drug-likeness (QED) is 0.0914. The molecule has 11 heteroatoms. The second-order valence-corrected chi connectivity index (χ2v) is 8.41. The fourth-order valence-corrected chi connectivity index (χ4v) is 3.25. The Morgan fingerprint density at radius 1 is 0.707 bits per heavy atom. The summed E-state index contributed by atoms with van der Waals surface area (Å²) in [7, 11) is 0. The molecule has 41 heavy (non-hydrogen) atoms. The monoisotopic (exact) mass is 574 g/mol. The highest BCUT2D eigenvalue weighted by Crippen LogP contribution is 2.43. The zero-order valence-electron chi connectivity index (χ0n) is 23.7. The number of esters is 3. The van der Waals surface area contributed by atoms with E-state index in [1.54, 1.807) is 0 Å². The van der Waals surface area contributed by atoms with E-state index in [0.29, 0.717) is 25.7 Å². The van der Waals surface area contributed by atoms with Crippen LogP contribution in [0.2, 0.25) is 0 Å². The lowest BCUT2D eigenvalue weighted by atomic mass is 10.1. The minimum Gasteiger partial charge on any atom is -0.478 e. The second kappa shape index (κ2) is 18.7. The number of carboxylic acids is 1. The van der Waals surface area contributed by atoms with Crippen LogP contribution in [0.3, 0.4) is 0 Å². The topological polar surface area (TPSA) is 144 Å². The normalized spacial score (nSPS) is 12.8. The zero-order valence-corrected chi connectivity index (χ0v) is 23.7. The number of rotatable bonds is 20. The van der Waals surface area contributed by atoms with Crippen LogP contribution in [0.15, 0.2) is 56.2 Å². The number of aliphatic carboxylic acids is 1. The molecule has 1 aromatic carbocycles. The van der Waals surface area contributed by atoms with Crippen molar-refractivity contribution in [3.05, 3.63) is 61.7 Å². The molecule has 0 radical (unpaired) electrons. The Morgan fingerprint density at radius 2 is 1.12 bits per heavy atom. The maximum atomic E-state index is 12.0. The van der Waals surface area contributed by atoms with Gasteiger partial charge in [-0.05, 0) is 37.5 Å². The van der Waals surface area contributed by atoms with E-state index in [0.717, 1.165) is 24.3 Å². The van der Waals surface area contributed by atoms with E-state index >= 15 is 0 Å². The molecule has 1 N–H and O–H groups in total. The molecule has 1 aromatic rings. The van der Waals surface area contributed by atoms with Gasteiger partial charge in [0.1, 0.15) is 0 Å². The Bertz CT molecular complexity index is 1110. The first-order valence-electron chi connectivity index (χ1n) is 13.2. The van der Waals surface area contributed by atoms with Gasteiger partial charge in [0.05, 0.1) is 0 Å². The van der Waals surface area contributed by atoms with Crippen molar-refractivity contribution in [1.82, 2.24) is 0 Å². The van der Waals surface area contributed by atoms with Crippen LogP contribution in [0.4, 0.5) is 0 Å². The molecule has 1 rings (SSSR count). The van der Waals surface area contributed by atoms with Crippen molar-refractivity contribution < 1.29 is 52.7 Å². The van der Waals surface area contributed by atoms with Crippen molar-refractivity contribution in [3.8, 4) is 17.2 Å². The van der Waals surface area contributed by atoms with Gasteiger partial charge in [-0.15, -0.1) is 0 Å². The van der Waals surface area contributed by atoms with Crippen LogP contribution in [-0.4, -0.2) is 47.9 Å². The summed E-state index contributed by atoms with van der Waals surface area (Å²) in [6, 6.07) is 2.94. The van der Waals surface area contributed by atoms with Crippen LogP contribution < -0.4 is 14.2 Å². The fraction of sp³-hybridized carbons (Fsp3) is 0.400. The average molecular weight is 575 g/mol. The molecule has 0 heterocycles. The Labute approximate surface area is 240 Å². The van der Waals surface area contributed by atoms with E-state index in [9.17, 15) is 24.3 Å². The standard InChI is InChI=1S/C30H38O11/c1-7-13-26(37-23(33)10-4)36-21-18-16-20(17-19-22(31)32)29(40-27(14-8-2)38-24(34)11-5)30(21)41-28(15-9-3)39-25(35)12-6/h10-12,16-19,26-28H,4-9,13-15H2,1-3H3,(H,31,32). The van der Waals surface area contributed by atoms with Crippen molar-refractivity contribution >= 4 is 30.0 Å². The van der Waals surface area contributed by atoms with Gasteiger partial charge in [0.25, 0.3) is 0 Å². The largest absolute Gasteiger partial charge is 0.478 e. The van der Waals surface area contributed by atoms with Crippen LogP contribution in [0.5, 0.6) is 17.2 Å². The molecule has 0 aromatic heterocycles. The first kappa shape index (κ1) is 34.5. The Morgan fingerprint density at radius 3 is 1.51 bits per heavy atom. The molecule has 11 nitrogen and oxygen atoms in total. The molecule has 0 aliphatic rings. The lowest BCUT2D eigenvalue weighted by Crippen LogP contribution is -2.28. The summed E-state index contributed by atoms with van der Waals surface area (Å²) in [6.07, 6.45) is 4.22. The minimum absolute atomic E-state index is 0.0174. The van der Waals surface area contributed by atoms with E-state index in [4.69, 9.17) is 28.4 Å². The summed E-state index contributed by atoms with van der Waals surface area (Å²) in [6.45, 7) is 15.8. The van der Waals surface area contributed by atoms with Gasteiger partial charge in [-0.1, -0.05) is 40.5 Å². The first-order chi connectivity index (χ1) is 19.6. The third-order valence-electron chi connectivity index (χ3n) is 5.08. The van der Waals surface area contributed by atoms with Crippen LogP contribution in [0.25, 0.3) is 6.08 Å². The number of hydrogen-bond donors (Lipinski definition) is 1. The van der Waals surface area contributed by atoms with Crippen LogP contribution in [0.1, 0.15) is 64.9 Å². The molecular weight excluding hydrogens is 536 g/mol. The lowest BCUT2D eigenvalue weighted by Gasteiger charge is -2.27. The van der Waals surface area contributed by atoms with Gasteiger partial charge >= 0.3 is 23.9 Å². The van der Waals surface area contributed by atoms with Crippen molar-refractivity contribution in [2.45, 2.75) is 78.2 Å². The number of carbonyl (C=O) groups is 4. The molecule has 0 aliphatic heterocycles. The van der Waals surface area contributed by atoms with Gasteiger partial charge in [-0.25, -0.2) is 19.2 Å². The van der Waals surface area contributed by atoms with Gasteiger partial charge in [-0.3, -0.25) is 0 Å². The molecule has 0 amide bonds. The average Bonchev–Trinajstić information content (AvgIpc) is 2.93. The molecule has 0 saturated heterocycles. The number of benzene rings is 1. The molecule has 3 unspecified atom stereocenters. The van der Waals surface area contributed by atoms with Gasteiger partial charge in [-0.2, -0.15) is 0 Å². The number of ether oxygens (including phenoxy) is 6. The number of carbonyl (C=O) groups excluding carboxylic acids is 3. The van der Waals surface area contributed by atoms with Crippen LogP contribution >= 0.6 is 0 Å². The van der Waals surface area contributed by atoms with E-state index in [2.05, 4.69) is 19.7 Å². The minimum atomic E-state index is -1.23. The summed E-state index contributed by atoms with van der Waals surface area (Å²) in [5.74, 6) is -3.61. The number of carboxylic acid groups (broad SMARTS) is 1. The van der Waals surface area contributed by atoms with Gasteiger partial charge in [0.2, 0.25) is 24.6 Å². The van der Waals surface area contributed by atoms with Crippen LogP contribution in [0, 0.1) is 0 Å². The molecular formula is C30H38O11. The van der Waals surface area contributed by atoms with Crippen molar-refractivity contribution in [1.29, 1.82) is 0 Å². The van der Waals surface area contributed by atoms with Crippen molar-refractivity contribution in [2.24, 2.45) is 0 Å². The molecule has 0 fully saturated rings. The molecule has 224 valence electrons. The van der Waals surface area contributed by atoms with Gasteiger partial charge < -0.3 is 33.5 Å². The number of hydrogen-bond acceptors (Lipinski definition) is 10. The smallest absolute Gasteiger partial charge is 0.333 e. The van der Waals surface area contributed by atoms with Gasteiger partial charge in [0, 0.05) is 49.1 Å². The zero-order chi connectivity index (χ0) is 30.8. The van der Waals surface area contributed by atoms with E-state index in [1.165, 1.54) is 18.2 Å². The SMILES string of the molecule is C=CC(=O)OC(CCC)Oc1ccc(C=CC(=O)O)c(OC(CCC)OC(=O)C=C)c1OC(CCC)OC(=O)C=C. The predicted molar refractivity (Wildman–Crippen MR) is 150 cm³/mol. The van der Waals surface area contributed by atoms with Crippen molar-refractivity contribution in [2.75, 3.05) is 0 Å². The summed E-state index contributed by atoms with van der Waals surface area (Å²) in [4.78, 5) is 47.3. The molecule has 0 saturated carbocycles. The summed E-state index contributed by atoms with van der Waals surface area (Å²) in [5.41, 5.74) is 0.214. The highest BCUT2D eigenvalue weighted by atomic mass is 16.7. The van der Waals surface area contributed by atoms with E-state index < -0.39 is 42.7 Å². The first-order valence-corrected chi connectivity index (χ1v) is 13.2. The maximum Gasteiger partial charge on any atom is 0.333 e. The fourth-order valence-electron chi connectivity index (χ4n) is 3.25.